The van der Waals surface area contributed by atoms with E-state index in [2.05, 4.69) is 41.8 Å². The third-order valence-corrected chi connectivity index (χ3v) is 4.33. The Balaban J connectivity index is 2.18. The van der Waals surface area contributed by atoms with Gasteiger partial charge >= 0.3 is 0 Å². The number of halogens is 3. The maximum atomic E-state index is 6.17. The van der Waals surface area contributed by atoms with E-state index < -0.39 is 0 Å². The molecule has 0 spiro atoms. The summed E-state index contributed by atoms with van der Waals surface area (Å²) in [5.41, 5.74) is 1.68. The first-order valence-electron chi connectivity index (χ1n) is 5.69. The van der Waals surface area contributed by atoms with Crippen LogP contribution < -0.4 is 0 Å². The van der Waals surface area contributed by atoms with Crippen LogP contribution in [0.5, 0.6) is 0 Å². The number of aromatic nitrogens is 2. The first kappa shape index (κ1) is 13.8. The molecular formula is C14H7Br2ClN2O. The third kappa shape index (κ3) is 2.66. The van der Waals surface area contributed by atoms with Gasteiger partial charge in [0.15, 0.2) is 16.3 Å². The van der Waals surface area contributed by atoms with Crippen LogP contribution in [0.3, 0.4) is 0 Å². The second-order valence-electron chi connectivity index (χ2n) is 3.97. The molecule has 0 aliphatic carbocycles. The molecule has 0 radical (unpaired) electrons. The predicted octanol–water partition coefficient (Wildman–Crippen LogP) is 5.58. The number of benzene rings is 1. The van der Waals surface area contributed by atoms with Crippen molar-refractivity contribution in [3.8, 4) is 22.8 Å². The van der Waals surface area contributed by atoms with E-state index in [4.69, 9.17) is 16.0 Å². The van der Waals surface area contributed by atoms with Gasteiger partial charge in [0.2, 0.25) is 0 Å². The maximum Gasteiger partial charge on any atom is 0.197 e. The highest BCUT2D eigenvalue weighted by atomic mass is 79.9. The summed E-state index contributed by atoms with van der Waals surface area (Å²) in [6.45, 7) is 0. The zero-order valence-corrected chi connectivity index (χ0v) is 13.9. The molecule has 3 rings (SSSR count). The minimum absolute atomic E-state index is 0.348. The van der Waals surface area contributed by atoms with Crippen molar-refractivity contribution in [2.45, 2.75) is 0 Å². The van der Waals surface area contributed by atoms with Crippen molar-refractivity contribution in [2.75, 3.05) is 0 Å². The van der Waals surface area contributed by atoms with Crippen LogP contribution in [0, 0.1) is 0 Å². The number of hydrogen-bond acceptors (Lipinski definition) is 3. The number of furan rings is 1. The molecule has 100 valence electrons. The van der Waals surface area contributed by atoms with Crippen LogP contribution >= 0.6 is 43.5 Å². The Kier molecular flexibility index (Phi) is 3.92. The van der Waals surface area contributed by atoms with Gasteiger partial charge in [0.25, 0.3) is 0 Å². The summed E-state index contributed by atoms with van der Waals surface area (Å²) in [6, 6.07) is 13.3. The quantitative estimate of drug-likeness (QED) is 0.514. The van der Waals surface area contributed by atoms with Crippen molar-refractivity contribution in [1.82, 2.24) is 9.97 Å². The van der Waals surface area contributed by atoms with Gasteiger partial charge in [-0.15, -0.1) is 0 Å². The molecule has 0 aliphatic rings. The van der Waals surface area contributed by atoms with E-state index in [1.54, 1.807) is 12.1 Å². The number of rotatable bonds is 2. The number of hydrogen-bond donors (Lipinski definition) is 0. The molecule has 0 atom stereocenters. The summed E-state index contributed by atoms with van der Waals surface area (Å²) in [5.74, 6) is 1.01. The fourth-order valence-electron chi connectivity index (χ4n) is 1.75. The third-order valence-electron chi connectivity index (χ3n) is 2.65. The van der Waals surface area contributed by atoms with Gasteiger partial charge in [0.05, 0.1) is 10.2 Å². The Morgan fingerprint density at radius 2 is 1.70 bits per heavy atom. The van der Waals surface area contributed by atoms with Crippen molar-refractivity contribution < 1.29 is 4.42 Å². The summed E-state index contributed by atoms with van der Waals surface area (Å²) >= 11 is 12.9. The second kappa shape index (κ2) is 5.68. The molecule has 0 saturated carbocycles. The Bertz CT molecular complexity index is 759. The van der Waals surface area contributed by atoms with Crippen LogP contribution in [0.2, 0.25) is 5.15 Å². The van der Waals surface area contributed by atoms with Crippen molar-refractivity contribution in [3.63, 3.8) is 0 Å². The summed E-state index contributed by atoms with van der Waals surface area (Å²) in [6.07, 6.45) is 0. The molecule has 0 saturated heterocycles. The molecule has 3 nitrogen and oxygen atoms in total. The average Bonchev–Trinajstić information content (AvgIpc) is 2.89. The van der Waals surface area contributed by atoms with Gasteiger partial charge in [-0.25, -0.2) is 9.97 Å². The van der Waals surface area contributed by atoms with E-state index in [0.717, 1.165) is 11.3 Å². The van der Waals surface area contributed by atoms with Gasteiger partial charge in [-0.05, 0) is 44.0 Å². The second-order valence-corrected chi connectivity index (χ2v) is 5.90. The van der Waals surface area contributed by atoms with Crippen LogP contribution in [0.15, 0.2) is 56.0 Å². The first-order chi connectivity index (χ1) is 9.65. The highest BCUT2D eigenvalue weighted by Gasteiger charge is 2.15. The summed E-state index contributed by atoms with van der Waals surface area (Å²) < 4.78 is 6.76. The fourth-order valence-corrected chi connectivity index (χ4v) is 2.63. The van der Waals surface area contributed by atoms with Crippen molar-refractivity contribution in [2.24, 2.45) is 0 Å². The molecule has 0 aliphatic heterocycles. The summed E-state index contributed by atoms with van der Waals surface area (Å²) in [7, 11) is 0. The molecular weight excluding hydrogens is 407 g/mol. The van der Waals surface area contributed by atoms with Crippen LogP contribution in [0.1, 0.15) is 0 Å². The minimum Gasteiger partial charge on any atom is -0.446 e. The fraction of sp³-hybridized carbons (Fsp3) is 0. The average molecular weight is 414 g/mol. The summed E-state index contributed by atoms with van der Waals surface area (Å²) in [4.78, 5) is 8.77. The minimum atomic E-state index is 0.348. The molecule has 0 fully saturated rings. The smallest absolute Gasteiger partial charge is 0.197 e. The predicted molar refractivity (Wildman–Crippen MR) is 85.6 cm³/mol. The largest absolute Gasteiger partial charge is 0.446 e. The Morgan fingerprint density at radius 3 is 2.35 bits per heavy atom. The summed E-state index contributed by atoms with van der Waals surface area (Å²) in [5, 5.41) is 0.348. The molecule has 0 bridgehead atoms. The Morgan fingerprint density at radius 1 is 0.950 bits per heavy atom. The molecule has 0 amide bonds. The molecule has 2 aromatic heterocycles. The molecule has 20 heavy (non-hydrogen) atoms. The zero-order valence-electron chi connectivity index (χ0n) is 9.98. The Labute approximate surface area is 137 Å². The van der Waals surface area contributed by atoms with Gasteiger partial charge in [-0.1, -0.05) is 41.9 Å². The highest BCUT2D eigenvalue weighted by molar-refractivity contribution is 9.10. The van der Waals surface area contributed by atoms with E-state index in [9.17, 15) is 0 Å². The normalized spacial score (nSPS) is 10.8. The van der Waals surface area contributed by atoms with E-state index in [1.165, 1.54) is 0 Å². The van der Waals surface area contributed by atoms with Crippen LogP contribution in [-0.4, -0.2) is 9.97 Å². The van der Waals surface area contributed by atoms with E-state index >= 15 is 0 Å². The Hall–Kier alpha value is -1.17. The van der Waals surface area contributed by atoms with E-state index in [1.807, 2.05) is 30.3 Å². The van der Waals surface area contributed by atoms with Crippen LogP contribution in [0.25, 0.3) is 22.8 Å². The van der Waals surface area contributed by atoms with Crippen molar-refractivity contribution in [3.05, 3.63) is 56.8 Å². The topological polar surface area (TPSA) is 38.9 Å². The lowest BCUT2D eigenvalue weighted by atomic mass is 10.1. The van der Waals surface area contributed by atoms with E-state index in [-0.39, 0.29) is 0 Å². The van der Waals surface area contributed by atoms with Crippen LogP contribution in [-0.2, 0) is 0 Å². The van der Waals surface area contributed by atoms with Crippen molar-refractivity contribution >= 4 is 43.5 Å². The first-order valence-corrected chi connectivity index (χ1v) is 7.65. The van der Waals surface area contributed by atoms with Gasteiger partial charge < -0.3 is 4.42 Å². The lowest BCUT2D eigenvalue weighted by molar-refractivity contribution is 0.551. The van der Waals surface area contributed by atoms with Gasteiger partial charge in [0, 0.05) is 5.56 Å². The van der Waals surface area contributed by atoms with Crippen molar-refractivity contribution in [1.29, 1.82) is 0 Å². The SMILES string of the molecule is Clc1nc(-c2ccc(Br)o2)nc(-c2ccccc2)c1Br. The molecule has 1 aromatic carbocycles. The monoisotopic (exact) mass is 412 g/mol. The lowest BCUT2D eigenvalue weighted by Gasteiger charge is -2.07. The molecule has 0 unspecified atom stereocenters. The zero-order chi connectivity index (χ0) is 14.1. The molecule has 2 heterocycles. The molecule has 6 heteroatoms. The van der Waals surface area contributed by atoms with Gasteiger partial charge in [-0.3, -0.25) is 0 Å². The molecule has 3 aromatic rings. The molecule has 0 N–H and O–H groups in total. The van der Waals surface area contributed by atoms with Gasteiger partial charge in [-0.2, -0.15) is 0 Å². The number of nitrogens with zero attached hydrogens (tertiary/aromatic N) is 2. The van der Waals surface area contributed by atoms with E-state index in [0.29, 0.717) is 25.9 Å². The highest BCUT2D eigenvalue weighted by Crippen LogP contribution is 2.34. The maximum absolute atomic E-state index is 6.17. The van der Waals surface area contributed by atoms with Crippen LogP contribution in [0.4, 0.5) is 0 Å². The standard InChI is InChI=1S/C14H7Br2ClN2O/c15-10-7-6-9(20-10)14-18-12(11(16)13(17)19-14)8-4-2-1-3-5-8/h1-7H. The van der Waals surface area contributed by atoms with Gasteiger partial charge in [0.1, 0.15) is 5.15 Å². The lowest BCUT2D eigenvalue weighted by Crippen LogP contribution is -1.94.